The highest BCUT2D eigenvalue weighted by molar-refractivity contribution is 5.74. The van der Waals surface area contributed by atoms with Crippen LogP contribution in [0, 0.1) is 11.3 Å². The van der Waals surface area contributed by atoms with Gasteiger partial charge in [0.25, 0.3) is 0 Å². The summed E-state index contributed by atoms with van der Waals surface area (Å²) in [5.74, 6) is 0.0776. The van der Waals surface area contributed by atoms with Crippen molar-refractivity contribution in [1.29, 1.82) is 5.26 Å². The fourth-order valence-corrected chi connectivity index (χ4v) is 1.29. The molecule has 0 atom stereocenters. The van der Waals surface area contributed by atoms with Crippen molar-refractivity contribution in [3.8, 4) is 11.8 Å². The SMILES string of the molecule is COC(=O)Cc1cc(C#N)c(N)cc1OC. The zero-order valence-electron chi connectivity index (χ0n) is 9.11. The molecule has 0 aromatic heterocycles. The Morgan fingerprint density at radius 2 is 2.19 bits per heavy atom. The van der Waals surface area contributed by atoms with Gasteiger partial charge in [0.15, 0.2) is 0 Å². The van der Waals surface area contributed by atoms with E-state index in [2.05, 4.69) is 4.74 Å². The highest BCUT2D eigenvalue weighted by Crippen LogP contribution is 2.25. The largest absolute Gasteiger partial charge is 0.496 e. The van der Waals surface area contributed by atoms with Crippen molar-refractivity contribution in [1.82, 2.24) is 0 Å². The van der Waals surface area contributed by atoms with Crippen molar-refractivity contribution in [3.63, 3.8) is 0 Å². The number of nitrogens with zero attached hydrogens (tertiary/aromatic N) is 1. The number of methoxy groups -OCH3 is 2. The van der Waals surface area contributed by atoms with E-state index in [4.69, 9.17) is 15.7 Å². The molecule has 2 N–H and O–H groups in total. The Morgan fingerprint density at radius 3 is 2.69 bits per heavy atom. The number of rotatable bonds is 3. The molecular formula is C11H12N2O3. The van der Waals surface area contributed by atoms with E-state index in [1.54, 1.807) is 0 Å². The minimum atomic E-state index is -0.396. The van der Waals surface area contributed by atoms with Crippen molar-refractivity contribution < 1.29 is 14.3 Å². The molecule has 0 unspecified atom stereocenters. The second-order valence-corrected chi connectivity index (χ2v) is 3.12. The number of hydrogen-bond donors (Lipinski definition) is 1. The van der Waals surface area contributed by atoms with Gasteiger partial charge in [-0.2, -0.15) is 5.26 Å². The van der Waals surface area contributed by atoms with E-state index in [9.17, 15) is 4.79 Å². The second-order valence-electron chi connectivity index (χ2n) is 3.12. The van der Waals surface area contributed by atoms with Crippen molar-refractivity contribution in [2.24, 2.45) is 0 Å². The minimum absolute atomic E-state index is 0.0502. The zero-order chi connectivity index (χ0) is 12.1. The van der Waals surface area contributed by atoms with E-state index >= 15 is 0 Å². The highest BCUT2D eigenvalue weighted by Gasteiger charge is 2.12. The van der Waals surface area contributed by atoms with E-state index in [1.807, 2.05) is 6.07 Å². The van der Waals surface area contributed by atoms with Gasteiger partial charge in [-0.25, -0.2) is 0 Å². The van der Waals surface area contributed by atoms with Gasteiger partial charge < -0.3 is 15.2 Å². The van der Waals surface area contributed by atoms with Crippen LogP contribution >= 0.6 is 0 Å². The third kappa shape index (κ3) is 2.42. The maximum Gasteiger partial charge on any atom is 0.310 e. The van der Waals surface area contributed by atoms with Crippen LogP contribution in [0.1, 0.15) is 11.1 Å². The Bertz CT molecular complexity index is 449. The summed E-state index contributed by atoms with van der Waals surface area (Å²) in [4.78, 5) is 11.1. The number of carbonyl (C=O) groups excluding carboxylic acids is 1. The molecule has 0 aliphatic heterocycles. The van der Waals surface area contributed by atoms with E-state index < -0.39 is 5.97 Å². The molecule has 84 valence electrons. The summed E-state index contributed by atoms with van der Waals surface area (Å²) in [5, 5.41) is 8.81. The van der Waals surface area contributed by atoms with Crippen molar-refractivity contribution in [2.45, 2.75) is 6.42 Å². The maximum atomic E-state index is 11.1. The molecule has 0 fully saturated rings. The van der Waals surface area contributed by atoms with Gasteiger partial charge in [0.2, 0.25) is 0 Å². The van der Waals surface area contributed by atoms with Gasteiger partial charge in [0, 0.05) is 11.6 Å². The molecule has 0 spiro atoms. The molecule has 1 aromatic carbocycles. The lowest BCUT2D eigenvalue weighted by Gasteiger charge is -2.09. The third-order valence-electron chi connectivity index (χ3n) is 2.14. The molecule has 0 saturated carbocycles. The quantitative estimate of drug-likeness (QED) is 0.603. The maximum absolute atomic E-state index is 11.1. The Morgan fingerprint density at radius 1 is 1.50 bits per heavy atom. The molecule has 5 heteroatoms. The molecule has 1 aromatic rings. The van der Waals surface area contributed by atoms with Crippen LogP contribution in [0.4, 0.5) is 5.69 Å². The molecule has 0 aliphatic carbocycles. The van der Waals surface area contributed by atoms with Gasteiger partial charge >= 0.3 is 5.97 Å². The summed E-state index contributed by atoms with van der Waals surface area (Å²) >= 11 is 0. The van der Waals surface area contributed by atoms with Crippen molar-refractivity contribution >= 4 is 11.7 Å². The lowest BCUT2D eigenvalue weighted by molar-refractivity contribution is -0.139. The second kappa shape index (κ2) is 5.03. The molecule has 5 nitrogen and oxygen atoms in total. The lowest BCUT2D eigenvalue weighted by Crippen LogP contribution is -2.07. The number of nitrogens with two attached hydrogens (primary N) is 1. The fourth-order valence-electron chi connectivity index (χ4n) is 1.29. The van der Waals surface area contributed by atoms with E-state index in [0.29, 0.717) is 22.6 Å². The topological polar surface area (TPSA) is 85.3 Å². The molecule has 16 heavy (non-hydrogen) atoms. The number of anilines is 1. The van der Waals surface area contributed by atoms with Gasteiger partial charge in [0.05, 0.1) is 31.9 Å². The van der Waals surface area contributed by atoms with Gasteiger partial charge in [-0.3, -0.25) is 4.79 Å². The van der Waals surface area contributed by atoms with E-state index in [-0.39, 0.29) is 6.42 Å². The number of nitriles is 1. The summed E-state index contributed by atoms with van der Waals surface area (Å²) in [6.45, 7) is 0. The molecule has 0 bridgehead atoms. The Labute approximate surface area is 93.4 Å². The number of carbonyl (C=O) groups is 1. The Hall–Kier alpha value is -2.22. The Balaban J connectivity index is 3.15. The number of hydrogen-bond acceptors (Lipinski definition) is 5. The molecule has 0 radical (unpaired) electrons. The molecule has 1 rings (SSSR count). The summed E-state index contributed by atoms with van der Waals surface area (Å²) in [6, 6.07) is 5.00. The average molecular weight is 220 g/mol. The molecule has 0 heterocycles. The summed E-state index contributed by atoms with van der Waals surface area (Å²) in [7, 11) is 2.78. The first-order valence-corrected chi connectivity index (χ1v) is 4.55. The Kier molecular flexibility index (Phi) is 3.72. The first-order valence-electron chi connectivity index (χ1n) is 4.55. The number of esters is 1. The van der Waals surface area contributed by atoms with E-state index in [1.165, 1.54) is 26.4 Å². The average Bonchev–Trinajstić information content (AvgIpc) is 2.30. The standard InChI is InChI=1S/C11H12N2O3/c1-15-10-5-9(13)8(6-12)3-7(10)4-11(14)16-2/h3,5H,4,13H2,1-2H3. The monoisotopic (exact) mass is 220 g/mol. The van der Waals surface area contributed by atoms with Gasteiger partial charge in [-0.05, 0) is 6.07 Å². The third-order valence-corrected chi connectivity index (χ3v) is 2.14. The fraction of sp³-hybridized carbons (Fsp3) is 0.273. The van der Waals surface area contributed by atoms with Gasteiger partial charge in [-0.1, -0.05) is 0 Å². The summed E-state index contributed by atoms with van der Waals surface area (Å²) < 4.78 is 9.62. The van der Waals surface area contributed by atoms with Gasteiger partial charge in [0.1, 0.15) is 11.8 Å². The van der Waals surface area contributed by atoms with Crippen LogP contribution in [0.2, 0.25) is 0 Å². The zero-order valence-corrected chi connectivity index (χ0v) is 9.11. The predicted octanol–water partition coefficient (Wildman–Crippen LogP) is 0.865. The van der Waals surface area contributed by atoms with Crippen LogP contribution in [-0.4, -0.2) is 20.2 Å². The first-order chi connectivity index (χ1) is 7.62. The van der Waals surface area contributed by atoms with Crippen LogP contribution < -0.4 is 10.5 Å². The van der Waals surface area contributed by atoms with Crippen LogP contribution in [0.25, 0.3) is 0 Å². The first kappa shape index (κ1) is 11.9. The van der Waals surface area contributed by atoms with Crippen LogP contribution in [0.3, 0.4) is 0 Å². The van der Waals surface area contributed by atoms with E-state index in [0.717, 1.165) is 0 Å². The number of benzene rings is 1. The summed E-state index contributed by atoms with van der Waals surface area (Å²) in [5.41, 5.74) is 6.85. The van der Waals surface area contributed by atoms with Crippen LogP contribution in [0.5, 0.6) is 5.75 Å². The number of nitrogen functional groups attached to an aromatic ring is 1. The molecule has 0 saturated heterocycles. The van der Waals surface area contributed by atoms with Crippen LogP contribution in [-0.2, 0) is 16.0 Å². The predicted molar refractivity (Wildman–Crippen MR) is 57.8 cm³/mol. The van der Waals surface area contributed by atoms with Gasteiger partial charge in [-0.15, -0.1) is 0 Å². The summed E-state index contributed by atoms with van der Waals surface area (Å²) in [6.07, 6.45) is 0.0502. The molecule has 0 aliphatic rings. The smallest absolute Gasteiger partial charge is 0.310 e. The highest BCUT2D eigenvalue weighted by atomic mass is 16.5. The number of ether oxygens (including phenoxy) is 2. The molecule has 0 amide bonds. The normalized spacial score (nSPS) is 9.31. The van der Waals surface area contributed by atoms with Crippen LogP contribution in [0.15, 0.2) is 12.1 Å². The van der Waals surface area contributed by atoms with Crippen molar-refractivity contribution in [2.75, 3.05) is 20.0 Å². The van der Waals surface area contributed by atoms with Crippen molar-refractivity contribution in [3.05, 3.63) is 23.3 Å². The lowest BCUT2D eigenvalue weighted by atomic mass is 10.1. The minimum Gasteiger partial charge on any atom is -0.496 e. The molecular weight excluding hydrogens is 208 g/mol.